The molecule has 0 aromatic heterocycles. The quantitative estimate of drug-likeness (QED) is 0.588. The van der Waals surface area contributed by atoms with E-state index in [0.29, 0.717) is 16.9 Å². The maximum Gasteiger partial charge on any atom is 0.256 e. The first-order chi connectivity index (χ1) is 10.5. The third-order valence-electron chi connectivity index (χ3n) is 3.54. The number of aromatic hydroxyl groups is 1. The number of carbonyl (C=O) groups is 1. The fourth-order valence-corrected chi connectivity index (χ4v) is 3.00. The summed E-state index contributed by atoms with van der Waals surface area (Å²) in [5.74, 6) is 0.451. The molecule has 1 aliphatic rings. The topological polar surface area (TPSA) is 58.6 Å². The lowest BCUT2D eigenvalue weighted by Gasteiger charge is -2.09. The number of benzene rings is 2. The molecule has 0 unspecified atom stereocenters. The maximum atomic E-state index is 12.2. The van der Waals surface area contributed by atoms with Crippen LogP contribution in [0.3, 0.4) is 0 Å². The normalized spacial score (nSPS) is 14.9. The van der Waals surface area contributed by atoms with E-state index in [1.54, 1.807) is 19.3 Å². The van der Waals surface area contributed by atoms with Crippen LogP contribution in [0.2, 0.25) is 0 Å². The molecule has 0 saturated carbocycles. The number of methoxy groups -OCH3 is 1. The van der Waals surface area contributed by atoms with Crippen LogP contribution in [-0.4, -0.2) is 18.1 Å². The average Bonchev–Trinajstić information content (AvgIpc) is 2.77. The molecule has 0 spiro atoms. The minimum Gasteiger partial charge on any atom is -0.507 e. The molecule has 2 aromatic carbocycles. The van der Waals surface area contributed by atoms with Gasteiger partial charge in [0, 0.05) is 20.4 Å². The minimum absolute atomic E-state index is 0.0937. The van der Waals surface area contributed by atoms with Gasteiger partial charge in [-0.05, 0) is 71.5 Å². The van der Waals surface area contributed by atoms with Crippen molar-refractivity contribution >= 4 is 45.8 Å². The predicted molar refractivity (Wildman–Crippen MR) is 95.1 cm³/mol. The lowest BCUT2D eigenvalue weighted by Crippen LogP contribution is -2.03. The second-order valence-electron chi connectivity index (χ2n) is 5.10. The van der Waals surface area contributed by atoms with Crippen LogP contribution in [0.4, 0.5) is 5.69 Å². The van der Waals surface area contributed by atoms with Gasteiger partial charge in [0.05, 0.1) is 12.7 Å². The van der Waals surface area contributed by atoms with Crippen molar-refractivity contribution in [2.45, 2.75) is 6.92 Å². The predicted octanol–water partition coefficient (Wildman–Crippen LogP) is 3.81. The number of anilines is 1. The molecule has 0 bridgehead atoms. The summed E-state index contributed by atoms with van der Waals surface area (Å²) in [5.41, 5.74) is 3.53. The van der Waals surface area contributed by atoms with E-state index in [1.165, 1.54) is 0 Å². The van der Waals surface area contributed by atoms with Gasteiger partial charge in [-0.2, -0.15) is 0 Å². The number of amides is 1. The summed E-state index contributed by atoms with van der Waals surface area (Å²) < 4.78 is 6.37. The van der Waals surface area contributed by atoms with Gasteiger partial charge < -0.3 is 15.2 Å². The van der Waals surface area contributed by atoms with Gasteiger partial charge in [-0.3, -0.25) is 4.79 Å². The monoisotopic (exact) mass is 407 g/mol. The van der Waals surface area contributed by atoms with Crippen molar-refractivity contribution in [1.29, 1.82) is 0 Å². The Morgan fingerprint density at radius 2 is 2.05 bits per heavy atom. The number of hydrogen-bond donors (Lipinski definition) is 2. The molecule has 3 rings (SSSR count). The molecule has 1 aliphatic heterocycles. The Morgan fingerprint density at radius 3 is 2.77 bits per heavy atom. The number of nitrogens with one attached hydrogen (secondary N) is 1. The Labute approximate surface area is 141 Å². The highest BCUT2D eigenvalue weighted by Crippen LogP contribution is 2.38. The maximum absolute atomic E-state index is 12.2. The molecule has 5 heteroatoms. The average molecular weight is 407 g/mol. The van der Waals surface area contributed by atoms with Crippen molar-refractivity contribution in [2.24, 2.45) is 0 Å². The molecule has 0 radical (unpaired) electrons. The molecule has 1 heterocycles. The molecule has 2 aromatic rings. The first-order valence-corrected chi connectivity index (χ1v) is 7.78. The summed E-state index contributed by atoms with van der Waals surface area (Å²) >= 11 is 2.21. The lowest BCUT2D eigenvalue weighted by atomic mass is 10.0. The third kappa shape index (κ3) is 2.56. The SMILES string of the molecule is COc1cc(C)cc(O)c1C=C1C(=O)Nc2ccc(I)cc21. The highest BCUT2D eigenvalue weighted by molar-refractivity contribution is 14.1. The molecule has 0 atom stereocenters. The van der Waals surface area contributed by atoms with Crippen molar-refractivity contribution in [1.82, 2.24) is 0 Å². The van der Waals surface area contributed by atoms with Gasteiger partial charge in [-0.15, -0.1) is 0 Å². The highest BCUT2D eigenvalue weighted by atomic mass is 127. The van der Waals surface area contributed by atoms with Gasteiger partial charge in [-0.1, -0.05) is 0 Å². The van der Waals surface area contributed by atoms with Crippen LogP contribution in [-0.2, 0) is 4.79 Å². The van der Waals surface area contributed by atoms with E-state index in [0.717, 1.165) is 20.4 Å². The van der Waals surface area contributed by atoms with E-state index in [1.807, 2.05) is 31.2 Å². The zero-order valence-corrected chi connectivity index (χ0v) is 14.3. The number of ether oxygens (including phenoxy) is 1. The fraction of sp³-hybridized carbons (Fsp3) is 0.118. The Bertz CT molecular complexity index is 812. The van der Waals surface area contributed by atoms with Crippen molar-refractivity contribution in [3.8, 4) is 11.5 Å². The van der Waals surface area contributed by atoms with Gasteiger partial charge in [0.25, 0.3) is 5.91 Å². The van der Waals surface area contributed by atoms with Gasteiger partial charge >= 0.3 is 0 Å². The number of phenols is 1. The van der Waals surface area contributed by atoms with Gasteiger partial charge in [-0.25, -0.2) is 0 Å². The lowest BCUT2D eigenvalue weighted by molar-refractivity contribution is -0.110. The van der Waals surface area contributed by atoms with Crippen molar-refractivity contribution in [3.05, 3.63) is 50.6 Å². The Balaban J connectivity index is 2.19. The Morgan fingerprint density at radius 1 is 1.27 bits per heavy atom. The first-order valence-electron chi connectivity index (χ1n) is 6.70. The van der Waals surface area contributed by atoms with Crippen LogP contribution in [0.15, 0.2) is 30.3 Å². The molecule has 0 saturated heterocycles. The molecule has 2 N–H and O–H groups in total. The van der Waals surface area contributed by atoms with Crippen molar-refractivity contribution in [2.75, 3.05) is 12.4 Å². The molecule has 0 aliphatic carbocycles. The molecule has 112 valence electrons. The smallest absolute Gasteiger partial charge is 0.256 e. The largest absolute Gasteiger partial charge is 0.507 e. The van der Waals surface area contributed by atoms with Gasteiger partial charge in [0.2, 0.25) is 0 Å². The summed E-state index contributed by atoms with van der Waals surface area (Å²) in [6.07, 6.45) is 1.67. The molecule has 0 fully saturated rings. The van der Waals surface area contributed by atoms with E-state index in [2.05, 4.69) is 27.9 Å². The summed E-state index contributed by atoms with van der Waals surface area (Å²) in [6, 6.07) is 9.23. The summed E-state index contributed by atoms with van der Waals surface area (Å²) in [7, 11) is 1.54. The number of halogens is 1. The van der Waals surface area contributed by atoms with Gasteiger partial charge in [0.15, 0.2) is 0 Å². The number of hydrogen-bond acceptors (Lipinski definition) is 3. The zero-order valence-electron chi connectivity index (χ0n) is 12.1. The highest BCUT2D eigenvalue weighted by Gasteiger charge is 2.25. The van der Waals surface area contributed by atoms with Crippen LogP contribution in [0, 0.1) is 10.5 Å². The number of rotatable bonds is 2. The Kier molecular flexibility index (Phi) is 3.82. The number of aryl methyl sites for hydroxylation is 1. The minimum atomic E-state index is -0.181. The van der Waals surface area contributed by atoms with Gasteiger partial charge in [0.1, 0.15) is 11.5 Å². The molecular formula is C17H14INO3. The fourth-order valence-electron chi connectivity index (χ4n) is 2.51. The van der Waals surface area contributed by atoms with Crippen LogP contribution >= 0.6 is 22.6 Å². The van der Waals surface area contributed by atoms with Crippen molar-refractivity contribution < 1.29 is 14.6 Å². The standard InChI is InChI=1S/C17H14INO3/c1-9-5-15(20)13(16(6-9)22-2)8-12-11-7-10(18)3-4-14(11)19-17(12)21/h3-8,20H,1-2H3,(H,19,21). The van der Waals surface area contributed by atoms with Crippen LogP contribution in [0.25, 0.3) is 11.6 Å². The van der Waals surface area contributed by atoms with E-state index in [9.17, 15) is 9.90 Å². The van der Waals surface area contributed by atoms with E-state index in [4.69, 9.17) is 4.74 Å². The van der Waals surface area contributed by atoms with Crippen LogP contribution in [0.1, 0.15) is 16.7 Å². The molecule has 1 amide bonds. The first kappa shape index (κ1) is 14.9. The Hall–Kier alpha value is -2.02. The molecule has 4 nitrogen and oxygen atoms in total. The van der Waals surface area contributed by atoms with Crippen LogP contribution < -0.4 is 10.1 Å². The number of phenolic OH excluding ortho intramolecular Hbond substituents is 1. The second-order valence-corrected chi connectivity index (χ2v) is 6.35. The van der Waals surface area contributed by atoms with E-state index < -0.39 is 0 Å². The van der Waals surface area contributed by atoms with E-state index >= 15 is 0 Å². The van der Waals surface area contributed by atoms with Crippen molar-refractivity contribution in [3.63, 3.8) is 0 Å². The number of carbonyl (C=O) groups excluding carboxylic acids is 1. The third-order valence-corrected chi connectivity index (χ3v) is 4.21. The molecule has 22 heavy (non-hydrogen) atoms. The summed E-state index contributed by atoms with van der Waals surface area (Å²) in [6.45, 7) is 1.87. The van der Waals surface area contributed by atoms with E-state index in [-0.39, 0.29) is 11.7 Å². The second kappa shape index (κ2) is 5.64. The summed E-state index contributed by atoms with van der Waals surface area (Å²) in [5, 5.41) is 13.0. The summed E-state index contributed by atoms with van der Waals surface area (Å²) in [4.78, 5) is 12.2. The van der Waals surface area contributed by atoms with Crippen LogP contribution in [0.5, 0.6) is 11.5 Å². The zero-order chi connectivity index (χ0) is 15.9. The molecular weight excluding hydrogens is 393 g/mol. The number of fused-ring (bicyclic) bond motifs is 1.